The Morgan fingerprint density at radius 3 is 2.95 bits per heavy atom. The summed E-state index contributed by atoms with van der Waals surface area (Å²) in [5.41, 5.74) is 0.924. The van der Waals surface area contributed by atoms with Crippen LogP contribution >= 0.6 is 11.8 Å². The van der Waals surface area contributed by atoms with Crippen molar-refractivity contribution in [2.24, 2.45) is 0 Å². The highest BCUT2D eigenvalue weighted by Crippen LogP contribution is 2.32. The molecule has 0 bridgehead atoms. The summed E-state index contributed by atoms with van der Waals surface area (Å²) in [5, 5.41) is 7.63. The van der Waals surface area contributed by atoms with Gasteiger partial charge in [0.1, 0.15) is 0 Å². The number of nitrogens with one attached hydrogen (secondary N) is 1. The largest absolute Gasteiger partial charge is 0.359 e. The van der Waals surface area contributed by atoms with E-state index < -0.39 is 0 Å². The molecular formula is C16H27N3O2S. The fraction of sp³-hybridized carbons (Fsp3) is 0.750. The summed E-state index contributed by atoms with van der Waals surface area (Å²) >= 11 is 2.01. The van der Waals surface area contributed by atoms with Gasteiger partial charge in [-0.05, 0) is 30.9 Å². The molecule has 0 saturated heterocycles. The zero-order chi connectivity index (χ0) is 16.1. The van der Waals surface area contributed by atoms with Gasteiger partial charge in [-0.15, -0.1) is 0 Å². The van der Waals surface area contributed by atoms with Crippen LogP contribution < -0.4 is 5.32 Å². The Balaban J connectivity index is 1.79. The molecule has 0 radical (unpaired) electrons. The number of urea groups is 1. The molecule has 1 saturated carbocycles. The first kappa shape index (κ1) is 17.2. The van der Waals surface area contributed by atoms with Crippen molar-refractivity contribution in [3.63, 3.8) is 0 Å². The van der Waals surface area contributed by atoms with Crippen LogP contribution in [0.2, 0.25) is 0 Å². The third kappa shape index (κ3) is 4.41. The lowest BCUT2D eigenvalue weighted by molar-refractivity contribution is 0.189. The molecule has 0 aromatic carbocycles. The van der Waals surface area contributed by atoms with E-state index in [0.717, 1.165) is 24.3 Å². The first-order valence-corrected chi connectivity index (χ1v) is 9.13. The second-order valence-corrected chi connectivity index (χ2v) is 7.76. The van der Waals surface area contributed by atoms with Crippen LogP contribution in [0.15, 0.2) is 10.6 Å². The van der Waals surface area contributed by atoms with Crippen molar-refractivity contribution in [1.29, 1.82) is 0 Å². The maximum Gasteiger partial charge on any atom is 0.317 e. The Morgan fingerprint density at radius 2 is 2.32 bits per heavy atom. The summed E-state index contributed by atoms with van der Waals surface area (Å²) in [5.74, 6) is 2.19. The van der Waals surface area contributed by atoms with Gasteiger partial charge in [-0.2, -0.15) is 11.8 Å². The van der Waals surface area contributed by atoms with Gasteiger partial charge in [-0.3, -0.25) is 0 Å². The van der Waals surface area contributed by atoms with Crippen LogP contribution in [0.4, 0.5) is 4.79 Å². The fourth-order valence-electron chi connectivity index (χ4n) is 2.79. The van der Waals surface area contributed by atoms with Crippen molar-refractivity contribution in [2.75, 3.05) is 12.8 Å². The van der Waals surface area contributed by atoms with Crippen LogP contribution in [0.5, 0.6) is 0 Å². The van der Waals surface area contributed by atoms with Gasteiger partial charge in [0.15, 0.2) is 5.76 Å². The summed E-state index contributed by atoms with van der Waals surface area (Å²) in [4.78, 5) is 14.1. The van der Waals surface area contributed by atoms with Crippen LogP contribution in [-0.4, -0.2) is 40.2 Å². The monoisotopic (exact) mass is 325 g/mol. The van der Waals surface area contributed by atoms with Crippen molar-refractivity contribution in [3.8, 4) is 0 Å². The minimum atomic E-state index is -0.0327. The summed E-state index contributed by atoms with van der Waals surface area (Å²) < 4.78 is 5.24. The van der Waals surface area contributed by atoms with E-state index in [1.807, 2.05) is 29.8 Å². The number of carbonyl (C=O) groups is 1. The molecule has 0 spiro atoms. The molecule has 2 rings (SSSR count). The summed E-state index contributed by atoms with van der Waals surface area (Å²) in [6, 6.07) is 2.23. The molecule has 5 nitrogen and oxygen atoms in total. The Kier molecular flexibility index (Phi) is 6.17. The van der Waals surface area contributed by atoms with E-state index in [4.69, 9.17) is 4.52 Å². The number of nitrogens with zero attached hydrogens (tertiary/aromatic N) is 2. The molecule has 2 atom stereocenters. The van der Waals surface area contributed by atoms with Crippen molar-refractivity contribution in [2.45, 2.75) is 63.8 Å². The molecule has 22 heavy (non-hydrogen) atoms. The Labute approximate surface area is 137 Å². The van der Waals surface area contributed by atoms with E-state index in [9.17, 15) is 4.79 Å². The average Bonchev–Trinajstić information content (AvgIpc) is 3.13. The maximum atomic E-state index is 12.3. The minimum absolute atomic E-state index is 0.0327. The SMILES string of the molecule is CCS[C@@H]1CC[C@@H](N(C)C(=O)NCc2cc(C(C)C)no2)C1. The van der Waals surface area contributed by atoms with E-state index in [1.165, 1.54) is 6.42 Å². The van der Waals surface area contributed by atoms with Gasteiger partial charge < -0.3 is 14.7 Å². The topological polar surface area (TPSA) is 58.4 Å². The second kappa shape index (κ2) is 7.90. The molecule has 2 amide bonds. The molecule has 1 aliphatic rings. The molecule has 1 aromatic heterocycles. The van der Waals surface area contributed by atoms with E-state index in [0.29, 0.717) is 29.5 Å². The molecule has 0 aliphatic heterocycles. The molecule has 1 aliphatic carbocycles. The predicted molar refractivity (Wildman–Crippen MR) is 90.1 cm³/mol. The van der Waals surface area contributed by atoms with Crippen molar-refractivity contribution in [3.05, 3.63) is 17.5 Å². The molecule has 1 heterocycles. The van der Waals surface area contributed by atoms with Gasteiger partial charge in [0.05, 0.1) is 12.2 Å². The lowest BCUT2D eigenvalue weighted by Crippen LogP contribution is -2.42. The number of aromatic nitrogens is 1. The first-order valence-electron chi connectivity index (χ1n) is 8.09. The molecule has 6 heteroatoms. The zero-order valence-corrected chi connectivity index (χ0v) is 14.8. The van der Waals surface area contributed by atoms with Gasteiger partial charge in [0.25, 0.3) is 0 Å². The van der Waals surface area contributed by atoms with Crippen LogP contribution in [0, 0.1) is 0 Å². The van der Waals surface area contributed by atoms with Crippen LogP contribution in [0.1, 0.15) is 57.4 Å². The highest BCUT2D eigenvalue weighted by Gasteiger charge is 2.29. The van der Waals surface area contributed by atoms with Crippen LogP contribution in [0.3, 0.4) is 0 Å². The van der Waals surface area contributed by atoms with E-state index in [2.05, 4.69) is 31.2 Å². The number of hydrogen-bond donors (Lipinski definition) is 1. The lowest BCUT2D eigenvalue weighted by atomic mass is 10.1. The van der Waals surface area contributed by atoms with Crippen molar-refractivity contribution in [1.82, 2.24) is 15.4 Å². The second-order valence-electron chi connectivity index (χ2n) is 6.19. The number of carbonyl (C=O) groups excluding carboxylic acids is 1. The number of hydrogen-bond acceptors (Lipinski definition) is 4. The van der Waals surface area contributed by atoms with Gasteiger partial charge in [0, 0.05) is 24.4 Å². The van der Waals surface area contributed by atoms with E-state index in [-0.39, 0.29) is 6.03 Å². The van der Waals surface area contributed by atoms with Crippen molar-refractivity contribution < 1.29 is 9.32 Å². The molecule has 0 unspecified atom stereocenters. The minimum Gasteiger partial charge on any atom is -0.359 e. The fourth-order valence-corrected chi connectivity index (χ4v) is 3.93. The third-order valence-corrected chi connectivity index (χ3v) is 5.44. The summed E-state index contributed by atoms with van der Waals surface area (Å²) in [7, 11) is 1.89. The molecule has 1 N–H and O–H groups in total. The van der Waals surface area contributed by atoms with Gasteiger partial charge >= 0.3 is 6.03 Å². The standard InChI is InChI=1S/C16H27N3O2S/c1-5-22-14-7-6-12(8-14)19(4)16(20)17-10-13-9-15(11(2)3)18-21-13/h9,11-12,14H,5-8,10H2,1-4H3,(H,17,20)/t12-,14-/m1/s1. The third-order valence-electron chi connectivity index (χ3n) is 4.21. The molecule has 124 valence electrons. The Bertz CT molecular complexity index is 489. The predicted octanol–water partition coefficient (Wildman–Crippen LogP) is 3.61. The smallest absolute Gasteiger partial charge is 0.317 e. The maximum absolute atomic E-state index is 12.3. The van der Waals surface area contributed by atoms with Crippen LogP contribution in [0.25, 0.3) is 0 Å². The molecule has 1 aromatic rings. The number of amides is 2. The van der Waals surface area contributed by atoms with Crippen LogP contribution in [-0.2, 0) is 6.54 Å². The highest BCUT2D eigenvalue weighted by atomic mass is 32.2. The van der Waals surface area contributed by atoms with Crippen molar-refractivity contribution >= 4 is 17.8 Å². The average molecular weight is 325 g/mol. The molecule has 1 fully saturated rings. The number of rotatable bonds is 6. The number of thioether (sulfide) groups is 1. The summed E-state index contributed by atoms with van der Waals surface area (Å²) in [6.45, 7) is 6.72. The quantitative estimate of drug-likeness (QED) is 0.868. The normalized spacial score (nSPS) is 21.3. The van der Waals surface area contributed by atoms with Gasteiger partial charge in [-0.25, -0.2) is 4.79 Å². The zero-order valence-electron chi connectivity index (χ0n) is 14.0. The first-order chi connectivity index (χ1) is 10.5. The summed E-state index contributed by atoms with van der Waals surface area (Å²) in [6.07, 6.45) is 3.41. The highest BCUT2D eigenvalue weighted by molar-refractivity contribution is 7.99. The Hall–Kier alpha value is -1.17. The van der Waals surface area contributed by atoms with Gasteiger partial charge in [-0.1, -0.05) is 25.9 Å². The molecular weight excluding hydrogens is 298 g/mol. The Morgan fingerprint density at radius 1 is 1.55 bits per heavy atom. The van der Waals surface area contributed by atoms with Gasteiger partial charge in [0.2, 0.25) is 0 Å². The lowest BCUT2D eigenvalue weighted by Gasteiger charge is -2.24. The van der Waals surface area contributed by atoms with E-state index >= 15 is 0 Å². The van der Waals surface area contributed by atoms with E-state index in [1.54, 1.807) is 0 Å².